The maximum Gasteiger partial charge on any atom is 0.241 e. The second kappa shape index (κ2) is 6.17. The van der Waals surface area contributed by atoms with Crippen molar-refractivity contribution in [3.8, 4) is 11.3 Å². The molecule has 0 aliphatic heterocycles. The van der Waals surface area contributed by atoms with E-state index < -0.39 is 10.0 Å². The molecule has 128 valence electrons. The number of aryl methyl sites for hydroxylation is 2. The Morgan fingerprint density at radius 1 is 1.04 bits per heavy atom. The van der Waals surface area contributed by atoms with Gasteiger partial charge in [0.05, 0.1) is 17.2 Å². The van der Waals surface area contributed by atoms with Crippen molar-refractivity contribution >= 4 is 10.0 Å². The fourth-order valence-electron chi connectivity index (χ4n) is 3.32. The van der Waals surface area contributed by atoms with Crippen molar-refractivity contribution < 1.29 is 12.8 Å². The highest BCUT2D eigenvalue weighted by Crippen LogP contribution is 2.38. The Morgan fingerprint density at radius 3 is 2.60 bits per heavy atom. The van der Waals surface area contributed by atoms with Crippen LogP contribution in [0.3, 0.4) is 0 Å². The Hall–Kier alpha value is -2.37. The topological polar surface area (TPSA) is 59.3 Å². The fourth-order valence-corrected chi connectivity index (χ4v) is 4.57. The van der Waals surface area contributed by atoms with E-state index in [-0.39, 0.29) is 10.9 Å². The number of nitrogens with one attached hydrogen (secondary N) is 1. The van der Waals surface area contributed by atoms with Crippen LogP contribution in [-0.4, -0.2) is 8.42 Å². The summed E-state index contributed by atoms with van der Waals surface area (Å²) in [5.74, 6) is 0.754. The van der Waals surface area contributed by atoms with Gasteiger partial charge in [-0.05, 0) is 43.5 Å². The van der Waals surface area contributed by atoms with Crippen LogP contribution < -0.4 is 4.72 Å². The summed E-state index contributed by atoms with van der Waals surface area (Å²) in [6, 6.07) is 16.5. The molecule has 0 saturated heterocycles. The summed E-state index contributed by atoms with van der Waals surface area (Å²) in [7, 11) is -3.59. The molecule has 3 aromatic rings. The van der Waals surface area contributed by atoms with Crippen LogP contribution in [0.15, 0.2) is 70.2 Å². The smallest absolute Gasteiger partial charge is 0.241 e. The van der Waals surface area contributed by atoms with Crippen LogP contribution in [0.2, 0.25) is 0 Å². The molecule has 1 heterocycles. The molecule has 1 aliphatic carbocycles. The van der Waals surface area contributed by atoms with Crippen molar-refractivity contribution in [2.24, 2.45) is 0 Å². The van der Waals surface area contributed by atoms with Gasteiger partial charge in [-0.25, -0.2) is 13.1 Å². The lowest BCUT2D eigenvalue weighted by Gasteiger charge is -2.17. The minimum atomic E-state index is -3.59. The van der Waals surface area contributed by atoms with Gasteiger partial charge >= 0.3 is 0 Å². The van der Waals surface area contributed by atoms with Crippen LogP contribution in [0, 0.1) is 6.92 Å². The summed E-state index contributed by atoms with van der Waals surface area (Å²) in [4.78, 5) is 0.282. The normalized spacial score (nSPS) is 16.8. The Labute approximate surface area is 147 Å². The van der Waals surface area contributed by atoms with Gasteiger partial charge < -0.3 is 4.42 Å². The third kappa shape index (κ3) is 3.01. The lowest BCUT2D eigenvalue weighted by molar-refractivity contribution is 0.537. The maximum absolute atomic E-state index is 12.8. The third-order valence-electron chi connectivity index (χ3n) is 4.66. The summed E-state index contributed by atoms with van der Waals surface area (Å²) in [6.07, 6.45) is 3.11. The van der Waals surface area contributed by atoms with Gasteiger partial charge in [0.15, 0.2) is 0 Å². The van der Waals surface area contributed by atoms with Crippen LogP contribution in [0.25, 0.3) is 11.3 Å². The van der Waals surface area contributed by atoms with Gasteiger partial charge in [0.1, 0.15) is 5.76 Å². The quantitative estimate of drug-likeness (QED) is 0.767. The fraction of sp³-hybridized carbons (Fsp3) is 0.200. The molecular formula is C20H19NO3S. The number of hydrogen-bond acceptors (Lipinski definition) is 3. The van der Waals surface area contributed by atoms with Crippen molar-refractivity contribution in [3.05, 3.63) is 77.6 Å². The van der Waals surface area contributed by atoms with Crippen LogP contribution in [0.1, 0.15) is 29.2 Å². The molecule has 0 amide bonds. The largest absolute Gasteiger partial charge is 0.464 e. The Morgan fingerprint density at radius 2 is 1.80 bits per heavy atom. The Bertz CT molecular complexity index is 1000. The first-order valence-corrected chi connectivity index (χ1v) is 9.77. The molecule has 0 spiro atoms. The standard InChI is InChI=1S/C20H19NO3S/c1-14-6-9-16(10-7-14)25(22,23)21-19-11-8-15-4-2-3-5-17(15)20-18(19)12-13-24-20/h2-7,9-10,12-13,19,21H,8,11H2,1H3. The highest BCUT2D eigenvalue weighted by molar-refractivity contribution is 7.89. The van der Waals surface area contributed by atoms with Crippen molar-refractivity contribution in [1.82, 2.24) is 4.72 Å². The van der Waals surface area contributed by atoms with Crippen LogP contribution in [-0.2, 0) is 16.4 Å². The molecule has 5 heteroatoms. The second-order valence-electron chi connectivity index (χ2n) is 6.39. The van der Waals surface area contributed by atoms with E-state index in [9.17, 15) is 8.42 Å². The summed E-state index contributed by atoms with van der Waals surface area (Å²) in [5.41, 5.74) is 4.14. The summed E-state index contributed by atoms with van der Waals surface area (Å²) >= 11 is 0. The molecule has 0 fully saturated rings. The Balaban J connectivity index is 1.70. The van der Waals surface area contributed by atoms with Crippen molar-refractivity contribution in [2.75, 3.05) is 0 Å². The maximum atomic E-state index is 12.8. The van der Waals surface area contributed by atoms with E-state index in [2.05, 4.69) is 10.8 Å². The van der Waals surface area contributed by atoms with E-state index >= 15 is 0 Å². The van der Waals surface area contributed by atoms with Gasteiger partial charge in [-0.15, -0.1) is 0 Å². The first kappa shape index (κ1) is 16.1. The number of rotatable bonds is 3. The highest BCUT2D eigenvalue weighted by Gasteiger charge is 2.28. The molecule has 2 aromatic carbocycles. The highest BCUT2D eigenvalue weighted by atomic mass is 32.2. The summed E-state index contributed by atoms with van der Waals surface area (Å²) < 4.78 is 34.1. The average molecular weight is 353 g/mol. The molecule has 1 unspecified atom stereocenters. The van der Waals surface area contributed by atoms with Crippen molar-refractivity contribution in [3.63, 3.8) is 0 Å². The van der Waals surface area contributed by atoms with E-state index in [1.54, 1.807) is 30.5 Å². The van der Waals surface area contributed by atoms with Gasteiger partial charge in [0.2, 0.25) is 10.0 Å². The molecule has 4 rings (SSSR count). The number of furan rings is 1. The lowest BCUT2D eigenvalue weighted by Crippen LogP contribution is -2.28. The van der Waals surface area contributed by atoms with Crippen LogP contribution in [0.4, 0.5) is 0 Å². The molecular weight excluding hydrogens is 334 g/mol. The molecule has 4 nitrogen and oxygen atoms in total. The number of hydrogen-bond donors (Lipinski definition) is 1. The van der Waals surface area contributed by atoms with Gasteiger partial charge in [0.25, 0.3) is 0 Å². The number of sulfonamides is 1. The second-order valence-corrected chi connectivity index (χ2v) is 8.10. The molecule has 1 atom stereocenters. The van der Waals surface area contributed by atoms with E-state index in [1.807, 2.05) is 31.2 Å². The summed E-state index contributed by atoms with van der Waals surface area (Å²) in [6.45, 7) is 1.93. The SMILES string of the molecule is Cc1ccc(S(=O)(=O)NC2CCc3ccccc3-c3occc32)cc1. The predicted octanol–water partition coefficient (Wildman–Crippen LogP) is 4.22. The van der Waals surface area contributed by atoms with Gasteiger partial charge in [0, 0.05) is 11.1 Å². The van der Waals surface area contributed by atoms with E-state index in [0.29, 0.717) is 6.42 Å². The monoisotopic (exact) mass is 353 g/mol. The molecule has 1 aliphatic rings. The van der Waals surface area contributed by atoms with Gasteiger partial charge in [-0.1, -0.05) is 42.0 Å². The first-order chi connectivity index (χ1) is 12.0. The van der Waals surface area contributed by atoms with Gasteiger partial charge in [-0.2, -0.15) is 0 Å². The Kier molecular flexibility index (Phi) is 3.98. The minimum absolute atomic E-state index is 0.282. The molecule has 25 heavy (non-hydrogen) atoms. The third-order valence-corrected chi connectivity index (χ3v) is 6.15. The average Bonchev–Trinajstić information content (AvgIpc) is 3.04. The number of benzene rings is 2. The zero-order chi connectivity index (χ0) is 17.4. The molecule has 1 N–H and O–H groups in total. The van der Waals surface area contributed by atoms with Crippen molar-refractivity contribution in [2.45, 2.75) is 30.7 Å². The van der Waals surface area contributed by atoms with Crippen molar-refractivity contribution in [1.29, 1.82) is 0 Å². The van der Waals surface area contributed by atoms with Gasteiger partial charge in [-0.3, -0.25) is 0 Å². The molecule has 0 bridgehead atoms. The molecule has 0 radical (unpaired) electrons. The van der Waals surface area contributed by atoms with Crippen LogP contribution >= 0.6 is 0 Å². The molecule has 1 aromatic heterocycles. The van der Waals surface area contributed by atoms with E-state index in [0.717, 1.165) is 28.9 Å². The summed E-state index contributed by atoms with van der Waals surface area (Å²) in [5, 5.41) is 0. The van der Waals surface area contributed by atoms with E-state index in [1.165, 1.54) is 5.56 Å². The predicted molar refractivity (Wildman–Crippen MR) is 96.7 cm³/mol. The number of fused-ring (bicyclic) bond motifs is 3. The zero-order valence-corrected chi connectivity index (χ0v) is 14.7. The zero-order valence-electron chi connectivity index (χ0n) is 13.9. The van der Waals surface area contributed by atoms with Crippen LogP contribution in [0.5, 0.6) is 0 Å². The lowest BCUT2D eigenvalue weighted by atomic mass is 10.0. The van der Waals surface area contributed by atoms with E-state index in [4.69, 9.17) is 4.42 Å². The molecule has 0 saturated carbocycles. The first-order valence-electron chi connectivity index (χ1n) is 8.29. The minimum Gasteiger partial charge on any atom is -0.464 e.